The predicted octanol–water partition coefficient (Wildman–Crippen LogP) is 1.86. The number of rotatable bonds is 4. The minimum atomic E-state index is -0.0468. The summed E-state index contributed by atoms with van der Waals surface area (Å²) >= 11 is 6.32. The number of halogens is 2. The van der Waals surface area contributed by atoms with Crippen LogP contribution in [0.1, 0.15) is 24.4 Å². The smallest absolute Gasteiger partial charge is 0.229 e. The molecule has 2 aliphatic rings. The Bertz CT molecular complexity index is 566. The largest absolute Gasteiger partial charge is 0.314 e. The summed E-state index contributed by atoms with van der Waals surface area (Å²) in [7, 11) is 0. The highest BCUT2D eigenvalue weighted by atomic mass is 35.5. The van der Waals surface area contributed by atoms with Gasteiger partial charge in [-0.25, -0.2) is 0 Å². The molecule has 2 heterocycles. The molecule has 5 nitrogen and oxygen atoms in total. The lowest BCUT2D eigenvalue weighted by Gasteiger charge is -2.37. The van der Waals surface area contributed by atoms with Crippen LogP contribution in [0.25, 0.3) is 0 Å². The minimum absolute atomic E-state index is 0. The van der Waals surface area contributed by atoms with Crippen molar-refractivity contribution in [3.8, 4) is 0 Å². The van der Waals surface area contributed by atoms with Crippen LogP contribution in [0.3, 0.4) is 0 Å². The summed E-state index contributed by atoms with van der Waals surface area (Å²) in [6.45, 7) is 3.77. The normalized spacial score (nSPS) is 22.3. The third-order valence-corrected chi connectivity index (χ3v) is 4.73. The number of carbonyl (C=O) groups excluding carboxylic acids is 2. The molecule has 126 valence electrons. The molecule has 1 aromatic carbocycles. The van der Waals surface area contributed by atoms with Gasteiger partial charge >= 0.3 is 0 Å². The molecule has 0 aromatic heterocycles. The molecule has 1 atom stereocenters. The summed E-state index contributed by atoms with van der Waals surface area (Å²) in [5, 5.41) is 4.15. The van der Waals surface area contributed by atoms with Crippen LogP contribution >= 0.6 is 24.0 Å². The van der Waals surface area contributed by atoms with Gasteiger partial charge in [0.1, 0.15) is 0 Å². The second-order valence-corrected chi connectivity index (χ2v) is 6.12. The van der Waals surface area contributed by atoms with Crippen LogP contribution < -0.4 is 5.32 Å². The molecule has 1 unspecified atom stereocenters. The van der Waals surface area contributed by atoms with Gasteiger partial charge in [0.2, 0.25) is 11.8 Å². The van der Waals surface area contributed by atoms with Crippen molar-refractivity contribution in [2.45, 2.75) is 18.9 Å². The topological polar surface area (TPSA) is 52.7 Å². The number of carbonyl (C=O) groups is 2. The highest BCUT2D eigenvalue weighted by Gasteiger charge is 2.31. The van der Waals surface area contributed by atoms with Gasteiger partial charge in [0, 0.05) is 56.6 Å². The molecular weight excluding hydrogens is 337 g/mol. The molecular formula is C16H21Cl2N3O2. The third kappa shape index (κ3) is 4.04. The summed E-state index contributed by atoms with van der Waals surface area (Å²) in [6, 6.07) is 8.03. The molecule has 7 heteroatoms. The van der Waals surface area contributed by atoms with Crippen molar-refractivity contribution >= 4 is 35.8 Å². The van der Waals surface area contributed by atoms with Crippen LogP contribution in [0.4, 0.5) is 0 Å². The van der Waals surface area contributed by atoms with Crippen molar-refractivity contribution in [2.75, 3.05) is 32.7 Å². The summed E-state index contributed by atoms with van der Waals surface area (Å²) in [4.78, 5) is 27.1. The fourth-order valence-electron chi connectivity index (χ4n) is 3.17. The van der Waals surface area contributed by atoms with Crippen LogP contribution in [0, 0.1) is 0 Å². The van der Waals surface area contributed by atoms with E-state index in [1.165, 1.54) is 4.90 Å². The van der Waals surface area contributed by atoms with Gasteiger partial charge in [-0.3, -0.25) is 19.4 Å². The van der Waals surface area contributed by atoms with Gasteiger partial charge in [0.05, 0.1) is 0 Å². The molecule has 23 heavy (non-hydrogen) atoms. The third-order valence-electron chi connectivity index (χ3n) is 4.38. The number of hydrogen-bond donors (Lipinski definition) is 1. The van der Waals surface area contributed by atoms with Crippen molar-refractivity contribution in [1.82, 2.24) is 15.1 Å². The van der Waals surface area contributed by atoms with E-state index in [0.717, 1.165) is 30.2 Å². The van der Waals surface area contributed by atoms with Crippen LogP contribution in [0.2, 0.25) is 5.02 Å². The standard InChI is InChI=1S/C16H20ClN3O2.ClH/c17-13-4-2-1-3-12(13)14-11-18-7-8-19(14)9-10-20-15(21)5-6-16(20)22;/h1-4,14,18H,5-11H2;1H. The van der Waals surface area contributed by atoms with E-state index < -0.39 is 0 Å². The Morgan fingerprint density at radius 3 is 2.52 bits per heavy atom. The summed E-state index contributed by atoms with van der Waals surface area (Å²) in [6.07, 6.45) is 0.711. The second kappa shape index (κ2) is 8.11. The van der Waals surface area contributed by atoms with Crippen molar-refractivity contribution < 1.29 is 9.59 Å². The SMILES string of the molecule is Cl.O=C1CCC(=O)N1CCN1CCNCC1c1ccccc1Cl. The van der Waals surface area contributed by atoms with E-state index in [1.807, 2.05) is 24.3 Å². The zero-order chi connectivity index (χ0) is 15.5. The number of hydrogen-bond acceptors (Lipinski definition) is 4. The van der Waals surface area contributed by atoms with Crippen molar-refractivity contribution in [1.29, 1.82) is 0 Å². The van der Waals surface area contributed by atoms with Crippen molar-refractivity contribution in [3.63, 3.8) is 0 Å². The number of benzene rings is 1. The number of nitrogens with zero attached hydrogens (tertiary/aromatic N) is 2. The molecule has 3 rings (SSSR count). The Labute approximate surface area is 147 Å². The monoisotopic (exact) mass is 357 g/mol. The molecule has 2 aliphatic heterocycles. The average Bonchev–Trinajstić information content (AvgIpc) is 2.85. The number of amides is 2. The number of imide groups is 1. The lowest BCUT2D eigenvalue weighted by molar-refractivity contribution is -0.138. The Kier molecular flexibility index (Phi) is 6.41. The Morgan fingerprint density at radius 1 is 1.13 bits per heavy atom. The van der Waals surface area contributed by atoms with Gasteiger partial charge in [-0.05, 0) is 11.6 Å². The second-order valence-electron chi connectivity index (χ2n) is 5.72. The maximum atomic E-state index is 11.7. The van der Waals surface area contributed by atoms with E-state index in [4.69, 9.17) is 11.6 Å². The van der Waals surface area contributed by atoms with Gasteiger partial charge in [-0.2, -0.15) is 0 Å². The first-order valence-corrected chi connectivity index (χ1v) is 8.07. The molecule has 0 aliphatic carbocycles. The van der Waals surface area contributed by atoms with E-state index in [0.29, 0.717) is 25.9 Å². The summed E-state index contributed by atoms with van der Waals surface area (Å²) in [5.74, 6) is -0.0937. The zero-order valence-electron chi connectivity index (χ0n) is 12.8. The maximum Gasteiger partial charge on any atom is 0.229 e. The zero-order valence-corrected chi connectivity index (χ0v) is 14.4. The lowest BCUT2D eigenvalue weighted by atomic mass is 10.0. The van der Waals surface area contributed by atoms with E-state index in [2.05, 4.69) is 10.2 Å². The molecule has 0 saturated carbocycles. The predicted molar refractivity (Wildman–Crippen MR) is 91.8 cm³/mol. The van der Waals surface area contributed by atoms with Gasteiger partial charge in [-0.15, -0.1) is 12.4 Å². The van der Waals surface area contributed by atoms with Gasteiger partial charge in [0.15, 0.2) is 0 Å². The molecule has 2 fully saturated rings. The van der Waals surface area contributed by atoms with Crippen LogP contribution in [0.15, 0.2) is 24.3 Å². The molecule has 1 N–H and O–H groups in total. The Morgan fingerprint density at radius 2 is 1.83 bits per heavy atom. The number of nitrogens with one attached hydrogen (secondary N) is 1. The highest BCUT2D eigenvalue weighted by Crippen LogP contribution is 2.28. The molecule has 2 saturated heterocycles. The number of likely N-dealkylation sites (tertiary alicyclic amines) is 1. The summed E-state index contributed by atoms with van der Waals surface area (Å²) in [5.41, 5.74) is 1.09. The Balaban J connectivity index is 0.00000192. The fourth-order valence-corrected chi connectivity index (χ4v) is 3.43. The molecule has 0 bridgehead atoms. The van der Waals surface area contributed by atoms with Crippen molar-refractivity contribution in [2.24, 2.45) is 0 Å². The van der Waals surface area contributed by atoms with Gasteiger partial charge in [0.25, 0.3) is 0 Å². The van der Waals surface area contributed by atoms with Crippen LogP contribution in [-0.4, -0.2) is 54.3 Å². The van der Waals surface area contributed by atoms with E-state index >= 15 is 0 Å². The van der Waals surface area contributed by atoms with Crippen molar-refractivity contribution in [3.05, 3.63) is 34.9 Å². The first-order valence-electron chi connectivity index (χ1n) is 7.69. The first-order chi connectivity index (χ1) is 10.7. The molecule has 0 spiro atoms. The fraction of sp³-hybridized carbons (Fsp3) is 0.500. The van der Waals surface area contributed by atoms with E-state index in [1.54, 1.807) is 0 Å². The van der Waals surface area contributed by atoms with Gasteiger partial charge in [-0.1, -0.05) is 29.8 Å². The maximum absolute atomic E-state index is 11.7. The molecule has 0 radical (unpaired) electrons. The Hall–Kier alpha value is -1.14. The van der Waals surface area contributed by atoms with Gasteiger partial charge < -0.3 is 5.32 Å². The number of piperazine rings is 1. The minimum Gasteiger partial charge on any atom is -0.314 e. The molecule has 1 aromatic rings. The summed E-state index contributed by atoms with van der Waals surface area (Å²) < 4.78 is 0. The average molecular weight is 358 g/mol. The molecule has 2 amide bonds. The van der Waals surface area contributed by atoms with Crippen LogP contribution in [-0.2, 0) is 9.59 Å². The lowest BCUT2D eigenvalue weighted by Crippen LogP contribution is -2.49. The highest BCUT2D eigenvalue weighted by molar-refractivity contribution is 6.31. The van der Waals surface area contributed by atoms with Crippen LogP contribution in [0.5, 0.6) is 0 Å². The quantitative estimate of drug-likeness (QED) is 0.835. The van der Waals surface area contributed by atoms with E-state index in [-0.39, 0.29) is 30.3 Å². The first kappa shape index (κ1) is 18.2. The van der Waals surface area contributed by atoms with E-state index in [9.17, 15) is 9.59 Å².